The van der Waals surface area contributed by atoms with Gasteiger partial charge in [0.1, 0.15) is 0 Å². The molecule has 3 N–H and O–H groups in total. The Labute approximate surface area is 158 Å². The number of aliphatic imine (C=N–C) groups is 1. The topological polar surface area (TPSA) is 68.2 Å². The lowest BCUT2D eigenvalue weighted by Crippen LogP contribution is -2.23. The van der Waals surface area contributed by atoms with Crippen molar-refractivity contribution in [1.82, 2.24) is 9.55 Å². The van der Waals surface area contributed by atoms with E-state index in [4.69, 9.17) is 5.73 Å². The standard InChI is InChI=1S/C16H21N5S.HI/c1-11-7-12(2)9-14(8-11)19-15(17)18-4-3-13-10-21-5-6-22-16(21)20-13;/h7-10H,3-6H2,1-2H3,(H3,17,18,19);1H. The van der Waals surface area contributed by atoms with Crippen LogP contribution in [0.2, 0.25) is 0 Å². The Bertz CT molecular complexity index is 669. The normalized spacial score (nSPS) is 13.6. The number of hydrogen-bond acceptors (Lipinski definition) is 3. The molecular weight excluding hydrogens is 421 g/mol. The van der Waals surface area contributed by atoms with Crippen LogP contribution in [0.4, 0.5) is 5.69 Å². The molecule has 0 radical (unpaired) electrons. The number of benzene rings is 1. The molecule has 3 rings (SSSR count). The van der Waals surface area contributed by atoms with Gasteiger partial charge in [0.05, 0.1) is 5.69 Å². The first-order valence-corrected chi connectivity index (χ1v) is 8.43. The summed E-state index contributed by atoms with van der Waals surface area (Å²) in [7, 11) is 0. The molecule has 2 aromatic rings. The molecule has 1 aliphatic rings. The number of imidazole rings is 1. The van der Waals surface area contributed by atoms with Crippen LogP contribution in [-0.2, 0) is 13.0 Å². The summed E-state index contributed by atoms with van der Waals surface area (Å²) in [6, 6.07) is 6.26. The number of thioether (sulfide) groups is 1. The van der Waals surface area contributed by atoms with E-state index in [0.717, 1.165) is 35.3 Å². The molecule has 0 unspecified atom stereocenters. The maximum Gasteiger partial charge on any atom is 0.193 e. The van der Waals surface area contributed by atoms with E-state index in [1.54, 1.807) is 0 Å². The molecule has 124 valence electrons. The molecule has 7 heteroatoms. The zero-order chi connectivity index (χ0) is 15.5. The van der Waals surface area contributed by atoms with Gasteiger partial charge in [0, 0.05) is 37.1 Å². The molecule has 23 heavy (non-hydrogen) atoms. The largest absolute Gasteiger partial charge is 0.370 e. The monoisotopic (exact) mass is 443 g/mol. The maximum absolute atomic E-state index is 5.95. The van der Waals surface area contributed by atoms with Crippen molar-refractivity contribution in [2.75, 3.05) is 17.6 Å². The van der Waals surface area contributed by atoms with Crippen LogP contribution in [0.25, 0.3) is 0 Å². The second-order valence-electron chi connectivity index (χ2n) is 5.58. The quantitative estimate of drug-likeness (QED) is 0.433. The third-order valence-electron chi connectivity index (χ3n) is 3.50. The number of anilines is 1. The molecule has 0 spiro atoms. The van der Waals surface area contributed by atoms with Crippen LogP contribution in [0.3, 0.4) is 0 Å². The summed E-state index contributed by atoms with van der Waals surface area (Å²) < 4.78 is 2.21. The number of halogens is 1. The van der Waals surface area contributed by atoms with E-state index in [2.05, 4.69) is 58.1 Å². The second kappa shape index (κ2) is 8.05. The van der Waals surface area contributed by atoms with Gasteiger partial charge < -0.3 is 15.6 Å². The van der Waals surface area contributed by atoms with E-state index >= 15 is 0 Å². The summed E-state index contributed by atoms with van der Waals surface area (Å²) in [5, 5.41) is 4.27. The molecule has 2 heterocycles. The fraction of sp³-hybridized carbons (Fsp3) is 0.375. The van der Waals surface area contributed by atoms with Gasteiger partial charge in [-0.05, 0) is 37.1 Å². The third-order valence-corrected chi connectivity index (χ3v) is 4.47. The number of aryl methyl sites for hydroxylation is 3. The van der Waals surface area contributed by atoms with E-state index in [1.165, 1.54) is 11.1 Å². The number of nitrogens with two attached hydrogens (primary N) is 1. The Morgan fingerprint density at radius 2 is 2.09 bits per heavy atom. The highest BCUT2D eigenvalue weighted by Gasteiger charge is 2.13. The Balaban J connectivity index is 0.00000192. The zero-order valence-electron chi connectivity index (χ0n) is 13.4. The van der Waals surface area contributed by atoms with Crippen LogP contribution in [0, 0.1) is 13.8 Å². The predicted octanol–water partition coefficient (Wildman–Crippen LogP) is 3.19. The first-order valence-electron chi connectivity index (χ1n) is 7.44. The van der Waals surface area contributed by atoms with Gasteiger partial charge >= 0.3 is 0 Å². The summed E-state index contributed by atoms with van der Waals surface area (Å²) >= 11 is 1.81. The van der Waals surface area contributed by atoms with Crippen molar-refractivity contribution in [3.05, 3.63) is 41.2 Å². The number of nitrogens with zero attached hydrogens (tertiary/aromatic N) is 3. The highest BCUT2D eigenvalue weighted by atomic mass is 127. The maximum atomic E-state index is 5.95. The average molecular weight is 443 g/mol. The fourth-order valence-electron chi connectivity index (χ4n) is 2.61. The van der Waals surface area contributed by atoms with Gasteiger partial charge in [-0.25, -0.2) is 4.98 Å². The lowest BCUT2D eigenvalue weighted by molar-refractivity contribution is 0.719. The van der Waals surface area contributed by atoms with Gasteiger partial charge in [-0.15, -0.1) is 24.0 Å². The van der Waals surface area contributed by atoms with Crippen LogP contribution in [-0.4, -0.2) is 27.8 Å². The molecule has 0 saturated heterocycles. The minimum Gasteiger partial charge on any atom is -0.370 e. The van der Waals surface area contributed by atoms with E-state index in [1.807, 2.05) is 11.8 Å². The van der Waals surface area contributed by atoms with Crippen LogP contribution in [0.15, 0.2) is 34.5 Å². The lowest BCUT2D eigenvalue weighted by atomic mass is 10.1. The van der Waals surface area contributed by atoms with Crippen molar-refractivity contribution in [3.63, 3.8) is 0 Å². The van der Waals surface area contributed by atoms with Crippen molar-refractivity contribution in [1.29, 1.82) is 0 Å². The number of rotatable bonds is 4. The summed E-state index contributed by atoms with van der Waals surface area (Å²) in [6.07, 6.45) is 2.94. The van der Waals surface area contributed by atoms with Gasteiger partial charge in [-0.1, -0.05) is 17.8 Å². The van der Waals surface area contributed by atoms with Gasteiger partial charge in [0.2, 0.25) is 0 Å². The van der Waals surface area contributed by atoms with Gasteiger partial charge in [-0.2, -0.15) is 0 Å². The summed E-state index contributed by atoms with van der Waals surface area (Å²) in [5.74, 6) is 1.58. The molecule has 1 aromatic carbocycles. The van der Waals surface area contributed by atoms with Crippen molar-refractivity contribution >= 4 is 47.4 Å². The highest BCUT2D eigenvalue weighted by Crippen LogP contribution is 2.24. The summed E-state index contributed by atoms with van der Waals surface area (Å²) in [6.45, 7) is 5.85. The summed E-state index contributed by atoms with van der Waals surface area (Å²) in [4.78, 5) is 8.97. The molecular formula is C16H22IN5S. The number of aromatic nitrogens is 2. The number of nitrogens with one attached hydrogen (secondary N) is 1. The highest BCUT2D eigenvalue weighted by molar-refractivity contribution is 14.0. The van der Waals surface area contributed by atoms with Crippen LogP contribution < -0.4 is 11.1 Å². The smallest absolute Gasteiger partial charge is 0.193 e. The lowest BCUT2D eigenvalue weighted by Gasteiger charge is -2.07. The van der Waals surface area contributed by atoms with Gasteiger partial charge in [0.25, 0.3) is 0 Å². The van der Waals surface area contributed by atoms with E-state index < -0.39 is 0 Å². The minimum absolute atomic E-state index is 0. The summed E-state index contributed by atoms with van der Waals surface area (Å²) in [5.41, 5.74) is 10.4. The number of hydrogen-bond donors (Lipinski definition) is 2. The van der Waals surface area contributed by atoms with Crippen LogP contribution >= 0.6 is 35.7 Å². The molecule has 0 aliphatic carbocycles. The molecule has 0 fully saturated rings. The first-order chi connectivity index (χ1) is 10.6. The molecule has 1 aliphatic heterocycles. The van der Waals surface area contributed by atoms with Crippen LogP contribution in [0.5, 0.6) is 0 Å². The zero-order valence-corrected chi connectivity index (χ0v) is 16.5. The third kappa shape index (κ3) is 4.87. The van der Waals surface area contributed by atoms with Crippen LogP contribution in [0.1, 0.15) is 16.8 Å². The molecule has 0 amide bonds. The van der Waals surface area contributed by atoms with Crippen molar-refractivity contribution in [3.8, 4) is 0 Å². The average Bonchev–Trinajstić information content (AvgIpc) is 2.98. The molecule has 0 bridgehead atoms. The Morgan fingerprint density at radius 1 is 1.35 bits per heavy atom. The molecule has 5 nitrogen and oxygen atoms in total. The van der Waals surface area contributed by atoms with Crippen molar-refractivity contribution in [2.24, 2.45) is 10.7 Å². The second-order valence-corrected chi connectivity index (χ2v) is 6.64. The fourth-order valence-corrected chi connectivity index (χ4v) is 3.57. The number of guanidine groups is 1. The predicted molar refractivity (Wildman–Crippen MR) is 108 cm³/mol. The van der Waals surface area contributed by atoms with Gasteiger partial charge in [0.15, 0.2) is 11.1 Å². The van der Waals surface area contributed by atoms with E-state index in [0.29, 0.717) is 12.5 Å². The van der Waals surface area contributed by atoms with E-state index in [-0.39, 0.29) is 24.0 Å². The minimum atomic E-state index is 0. The Kier molecular flexibility index (Phi) is 6.34. The Hall–Kier alpha value is -1.22. The number of fused-ring (bicyclic) bond motifs is 1. The van der Waals surface area contributed by atoms with Crippen molar-refractivity contribution in [2.45, 2.75) is 32.0 Å². The first kappa shape index (κ1) is 18.1. The SMILES string of the molecule is Cc1cc(C)cc(NC(N)=NCCc2cn3c(n2)SCC3)c1.I. The molecule has 1 aromatic heterocycles. The molecule has 0 atom stereocenters. The Morgan fingerprint density at radius 3 is 2.78 bits per heavy atom. The van der Waals surface area contributed by atoms with Crippen molar-refractivity contribution < 1.29 is 0 Å². The van der Waals surface area contributed by atoms with E-state index in [9.17, 15) is 0 Å². The van der Waals surface area contributed by atoms with Gasteiger partial charge in [-0.3, -0.25) is 4.99 Å². The molecule has 0 saturated carbocycles.